The van der Waals surface area contributed by atoms with Crippen LogP contribution in [0.3, 0.4) is 0 Å². The second-order valence-electron chi connectivity index (χ2n) is 5.27. The first kappa shape index (κ1) is 16.5. The fourth-order valence-corrected chi connectivity index (χ4v) is 2.17. The first-order chi connectivity index (χ1) is 10.6. The lowest BCUT2D eigenvalue weighted by atomic mass is 10.1. The van der Waals surface area contributed by atoms with Crippen molar-refractivity contribution in [1.29, 1.82) is 0 Å². The van der Waals surface area contributed by atoms with E-state index in [4.69, 9.17) is 11.6 Å². The summed E-state index contributed by atoms with van der Waals surface area (Å²) >= 11 is 5.85. The van der Waals surface area contributed by atoms with Gasteiger partial charge < -0.3 is 10.6 Å². The van der Waals surface area contributed by atoms with Crippen LogP contribution in [-0.2, 0) is 17.8 Å². The molecule has 0 aliphatic carbocycles. The third kappa shape index (κ3) is 4.86. The predicted molar refractivity (Wildman–Crippen MR) is 92.2 cm³/mol. The molecule has 0 radical (unpaired) electrons. The number of rotatable bonds is 6. The molecular weight excluding hydrogens is 296 g/mol. The van der Waals surface area contributed by atoms with Crippen molar-refractivity contribution in [2.24, 2.45) is 0 Å². The topological polar surface area (TPSA) is 41.1 Å². The number of hydrogen-bond acceptors (Lipinski definition) is 2. The summed E-state index contributed by atoms with van der Waals surface area (Å²) in [5.74, 6) is -0.0433. The average Bonchev–Trinajstić information content (AvgIpc) is 2.54. The summed E-state index contributed by atoms with van der Waals surface area (Å²) in [5.41, 5.74) is 3.17. The lowest BCUT2D eigenvalue weighted by molar-refractivity contribution is -0.117. The summed E-state index contributed by atoms with van der Waals surface area (Å²) in [5, 5.41) is 6.83. The van der Waals surface area contributed by atoms with Crippen LogP contribution >= 0.6 is 11.6 Å². The maximum Gasteiger partial charge on any atom is 0.241 e. The Morgan fingerprint density at radius 1 is 1.05 bits per heavy atom. The first-order valence-electron chi connectivity index (χ1n) is 7.46. The number of carbonyl (C=O) groups is 1. The van der Waals surface area contributed by atoms with Gasteiger partial charge in [0.1, 0.15) is 0 Å². The summed E-state index contributed by atoms with van der Waals surface area (Å²) in [6, 6.07) is 15.2. The second kappa shape index (κ2) is 7.97. The van der Waals surface area contributed by atoms with E-state index in [0.717, 1.165) is 17.7 Å². The largest absolute Gasteiger partial charge is 0.325 e. The number of amides is 1. The van der Waals surface area contributed by atoms with Crippen LogP contribution in [0.2, 0.25) is 5.02 Å². The zero-order chi connectivity index (χ0) is 15.9. The monoisotopic (exact) mass is 316 g/mol. The molecule has 0 saturated heterocycles. The number of carbonyl (C=O) groups excluding carboxylic acids is 1. The number of nitrogens with one attached hydrogen (secondary N) is 2. The van der Waals surface area contributed by atoms with Crippen molar-refractivity contribution in [3.05, 3.63) is 64.7 Å². The highest BCUT2D eigenvalue weighted by molar-refractivity contribution is 6.30. The van der Waals surface area contributed by atoms with Crippen LogP contribution in [0.4, 0.5) is 5.69 Å². The molecule has 0 fully saturated rings. The van der Waals surface area contributed by atoms with Gasteiger partial charge in [0.15, 0.2) is 0 Å². The zero-order valence-electron chi connectivity index (χ0n) is 12.9. The summed E-state index contributed by atoms with van der Waals surface area (Å²) in [6.07, 6.45) is 0.993. The highest BCUT2D eigenvalue weighted by Gasteiger charge is 2.12. The van der Waals surface area contributed by atoms with Gasteiger partial charge in [0, 0.05) is 17.3 Å². The van der Waals surface area contributed by atoms with Crippen LogP contribution in [0.5, 0.6) is 0 Å². The molecule has 116 valence electrons. The minimum atomic E-state index is -0.276. The Morgan fingerprint density at radius 3 is 2.23 bits per heavy atom. The van der Waals surface area contributed by atoms with Crippen LogP contribution in [-0.4, -0.2) is 11.9 Å². The zero-order valence-corrected chi connectivity index (χ0v) is 13.7. The molecule has 0 spiro atoms. The number of aryl methyl sites for hydroxylation is 1. The van der Waals surface area contributed by atoms with Gasteiger partial charge in [-0.2, -0.15) is 0 Å². The SMILES string of the molecule is CCc1ccc(NC(=O)[C@@H](C)NCc2ccc(Cl)cc2)cc1. The minimum Gasteiger partial charge on any atom is -0.325 e. The van der Waals surface area contributed by atoms with Crippen molar-refractivity contribution in [3.8, 4) is 0 Å². The van der Waals surface area contributed by atoms with E-state index in [9.17, 15) is 4.79 Å². The molecule has 2 N–H and O–H groups in total. The molecule has 0 aliphatic rings. The van der Waals surface area contributed by atoms with Crippen LogP contribution in [0, 0.1) is 0 Å². The smallest absolute Gasteiger partial charge is 0.241 e. The van der Waals surface area contributed by atoms with E-state index in [-0.39, 0.29) is 11.9 Å². The van der Waals surface area contributed by atoms with Gasteiger partial charge in [0.25, 0.3) is 0 Å². The predicted octanol–water partition coefficient (Wildman–Crippen LogP) is 4.02. The van der Waals surface area contributed by atoms with Crippen LogP contribution < -0.4 is 10.6 Å². The molecule has 2 aromatic rings. The summed E-state index contributed by atoms with van der Waals surface area (Å²) in [4.78, 5) is 12.1. The quantitative estimate of drug-likeness (QED) is 0.845. The van der Waals surface area contributed by atoms with Crippen molar-refractivity contribution in [1.82, 2.24) is 5.32 Å². The van der Waals surface area contributed by atoms with Gasteiger partial charge in [-0.05, 0) is 48.7 Å². The molecule has 0 bridgehead atoms. The Morgan fingerprint density at radius 2 is 1.64 bits per heavy atom. The van der Waals surface area contributed by atoms with E-state index in [0.29, 0.717) is 11.6 Å². The fourth-order valence-electron chi connectivity index (χ4n) is 2.04. The third-order valence-corrected chi connectivity index (χ3v) is 3.80. The second-order valence-corrected chi connectivity index (χ2v) is 5.71. The molecule has 1 amide bonds. The molecule has 0 saturated carbocycles. The lowest BCUT2D eigenvalue weighted by Gasteiger charge is -2.14. The van der Waals surface area contributed by atoms with Gasteiger partial charge in [-0.1, -0.05) is 42.8 Å². The standard InChI is InChI=1S/C18H21ClN2O/c1-3-14-6-10-17(11-7-14)21-18(22)13(2)20-12-15-4-8-16(19)9-5-15/h4-11,13,20H,3,12H2,1-2H3,(H,21,22)/t13-/m1/s1. The highest BCUT2D eigenvalue weighted by Crippen LogP contribution is 2.11. The molecule has 4 heteroatoms. The maximum atomic E-state index is 12.1. The number of hydrogen-bond donors (Lipinski definition) is 2. The Labute approximate surface area is 136 Å². The number of halogens is 1. The van der Waals surface area contributed by atoms with E-state index in [1.165, 1.54) is 5.56 Å². The molecular formula is C18H21ClN2O. The van der Waals surface area contributed by atoms with E-state index in [1.807, 2.05) is 55.5 Å². The molecule has 2 aromatic carbocycles. The fraction of sp³-hybridized carbons (Fsp3) is 0.278. The molecule has 22 heavy (non-hydrogen) atoms. The summed E-state index contributed by atoms with van der Waals surface area (Å²) in [7, 11) is 0. The van der Waals surface area contributed by atoms with E-state index >= 15 is 0 Å². The van der Waals surface area contributed by atoms with Crippen LogP contribution in [0.1, 0.15) is 25.0 Å². The molecule has 2 rings (SSSR count). The van der Waals surface area contributed by atoms with Gasteiger partial charge in [0.05, 0.1) is 6.04 Å². The third-order valence-electron chi connectivity index (χ3n) is 3.55. The molecule has 0 aromatic heterocycles. The van der Waals surface area contributed by atoms with Crippen molar-refractivity contribution in [2.75, 3.05) is 5.32 Å². The lowest BCUT2D eigenvalue weighted by Crippen LogP contribution is -2.37. The Bertz CT molecular complexity index is 608. The van der Waals surface area contributed by atoms with E-state index < -0.39 is 0 Å². The van der Waals surface area contributed by atoms with E-state index in [1.54, 1.807) is 0 Å². The number of anilines is 1. The molecule has 0 unspecified atom stereocenters. The average molecular weight is 317 g/mol. The van der Waals surface area contributed by atoms with Crippen molar-refractivity contribution >= 4 is 23.2 Å². The van der Waals surface area contributed by atoms with Crippen LogP contribution in [0.25, 0.3) is 0 Å². The Hall–Kier alpha value is -1.84. The van der Waals surface area contributed by atoms with Gasteiger partial charge in [-0.3, -0.25) is 4.79 Å². The van der Waals surface area contributed by atoms with Gasteiger partial charge in [-0.15, -0.1) is 0 Å². The summed E-state index contributed by atoms with van der Waals surface area (Å²) < 4.78 is 0. The van der Waals surface area contributed by atoms with E-state index in [2.05, 4.69) is 17.6 Å². The van der Waals surface area contributed by atoms with Crippen LogP contribution in [0.15, 0.2) is 48.5 Å². The Kier molecular flexibility index (Phi) is 5.99. The number of benzene rings is 2. The van der Waals surface area contributed by atoms with Gasteiger partial charge in [0.2, 0.25) is 5.91 Å². The molecule has 0 aliphatic heterocycles. The normalized spacial score (nSPS) is 12.0. The first-order valence-corrected chi connectivity index (χ1v) is 7.84. The van der Waals surface area contributed by atoms with Crippen molar-refractivity contribution < 1.29 is 4.79 Å². The summed E-state index contributed by atoms with van der Waals surface area (Å²) in [6.45, 7) is 4.59. The Balaban J connectivity index is 1.84. The van der Waals surface area contributed by atoms with Crippen molar-refractivity contribution in [2.45, 2.75) is 32.9 Å². The maximum absolute atomic E-state index is 12.1. The highest BCUT2D eigenvalue weighted by atomic mass is 35.5. The molecule has 0 heterocycles. The molecule has 3 nitrogen and oxygen atoms in total. The minimum absolute atomic E-state index is 0.0433. The van der Waals surface area contributed by atoms with Gasteiger partial charge in [-0.25, -0.2) is 0 Å². The van der Waals surface area contributed by atoms with Crippen molar-refractivity contribution in [3.63, 3.8) is 0 Å². The molecule has 1 atom stereocenters. The van der Waals surface area contributed by atoms with Gasteiger partial charge >= 0.3 is 0 Å².